The lowest BCUT2D eigenvalue weighted by Gasteiger charge is -2.47. The molecule has 5 nitrogen and oxygen atoms in total. The van der Waals surface area contributed by atoms with Crippen molar-refractivity contribution in [2.75, 3.05) is 7.11 Å². The van der Waals surface area contributed by atoms with Gasteiger partial charge in [0.05, 0.1) is 13.0 Å². The molecule has 20 heavy (non-hydrogen) atoms. The van der Waals surface area contributed by atoms with Gasteiger partial charge in [-0.25, -0.2) is 4.79 Å². The first-order chi connectivity index (χ1) is 9.31. The minimum atomic E-state index is -0.529. The lowest BCUT2D eigenvalue weighted by Crippen LogP contribution is -2.56. The van der Waals surface area contributed by atoms with E-state index in [1.165, 1.54) is 7.11 Å². The zero-order valence-electron chi connectivity index (χ0n) is 12.8. The molecule has 0 aromatic rings. The van der Waals surface area contributed by atoms with Crippen molar-refractivity contribution < 1.29 is 19.1 Å². The maximum absolute atomic E-state index is 12.0. The summed E-state index contributed by atoms with van der Waals surface area (Å²) in [6, 6.07) is -0.148. The second kappa shape index (κ2) is 5.62. The molecule has 3 aliphatic rings. The fraction of sp³-hybridized carbons (Fsp3) is 0.867. The van der Waals surface area contributed by atoms with E-state index in [2.05, 4.69) is 5.32 Å². The van der Waals surface area contributed by atoms with Gasteiger partial charge in [0.2, 0.25) is 0 Å². The van der Waals surface area contributed by atoms with Gasteiger partial charge in [-0.3, -0.25) is 4.79 Å². The largest absolute Gasteiger partial charge is 0.469 e. The van der Waals surface area contributed by atoms with Crippen LogP contribution in [0, 0.1) is 17.8 Å². The fourth-order valence-corrected chi connectivity index (χ4v) is 3.58. The quantitative estimate of drug-likeness (QED) is 0.791. The van der Waals surface area contributed by atoms with Crippen molar-refractivity contribution in [2.24, 2.45) is 17.8 Å². The van der Waals surface area contributed by atoms with Crippen LogP contribution in [0.5, 0.6) is 0 Å². The Bertz CT molecular complexity index is 380. The fourth-order valence-electron chi connectivity index (χ4n) is 3.58. The van der Waals surface area contributed by atoms with Crippen LogP contribution in [0.3, 0.4) is 0 Å². The summed E-state index contributed by atoms with van der Waals surface area (Å²) in [4.78, 5) is 24.0. The number of rotatable bonds is 2. The Kier molecular flexibility index (Phi) is 4.25. The smallest absolute Gasteiger partial charge is 0.407 e. The topological polar surface area (TPSA) is 64.6 Å². The molecule has 1 N–H and O–H groups in total. The zero-order valence-corrected chi connectivity index (χ0v) is 12.8. The molecule has 2 atom stereocenters. The molecule has 5 heteroatoms. The van der Waals surface area contributed by atoms with Crippen LogP contribution in [0.2, 0.25) is 0 Å². The van der Waals surface area contributed by atoms with Crippen LogP contribution in [0.15, 0.2) is 0 Å². The van der Waals surface area contributed by atoms with Crippen LogP contribution >= 0.6 is 0 Å². The van der Waals surface area contributed by atoms with E-state index >= 15 is 0 Å². The molecule has 3 fully saturated rings. The summed E-state index contributed by atoms with van der Waals surface area (Å²) in [7, 11) is 1.41. The van der Waals surface area contributed by atoms with Gasteiger partial charge in [-0.2, -0.15) is 0 Å². The van der Waals surface area contributed by atoms with E-state index in [0.29, 0.717) is 11.8 Å². The third kappa shape index (κ3) is 3.25. The molecular formula is C15H25NO4. The summed E-state index contributed by atoms with van der Waals surface area (Å²) in [5.74, 6) is 0.254. The van der Waals surface area contributed by atoms with E-state index in [4.69, 9.17) is 9.47 Å². The molecule has 0 spiro atoms. The Morgan fingerprint density at radius 2 is 1.60 bits per heavy atom. The number of nitrogens with one attached hydrogen (secondary N) is 1. The standard InChI is InChI=1S/C15H25NO4/c1-15(2,3)20-14(18)16-12-10-7-5-9(6-8-10)11(12)13(17)19-4/h9-12H,5-8H2,1-4H3,(H,16,18)/t9?,10?,11-,12-/m0/s1. The molecule has 0 aromatic carbocycles. The molecule has 0 aromatic heterocycles. The number of hydrogen-bond acceptors (Lipinski definition) is 4. The average molecular weight is 283 g/mol. The average Bonchev–Trinajstić information content (AvgIpc) is 2.37. The Morgan fingerprint density at radius 3 is 2.10 bits per heavy atom. The van der Waals surface area contributed by atoms with Crippen molar-refractivity contribution >= 4 is 12.1 Å². The molecule has 0 aliphatic heterocycles. The zero-order chi connectivity index (χ0) is 14.9. The van der Waals surface area contributed by atoms with Gasteiger partial charge in [-0.05, 0) is 58.3 Å². The van der Waals surface area contributed by atoms with Crippen LogP contribution in [-0.2, 0) is 14.3 Å². The molecule has 0 heterocycles. The van der Waals surface area contributed by atoms with Crippen molar-refractivity contribution in [2.45, 2.75) is 58.1 Å². The van der Waals surface area contributed by atoms with Crippen LogP contribution in [0.4, 0.5) is 4.79 Å². The Hall–Kier alpha value is -1.26. The summed E-state index contributed by atoms with van der Waals surface area (Å²) in [6.45, 7) is 5.49. The molecule has 1 amide bonds. The molecule has 3 saturated carbocycles. The number of esters is 1. The summed E-state index contributed by atoms with van der Waals surface area (Å²) < 4.78 is 10.2. The van der Waals surface area contributed by atoms with Crippen molar-refractivity contribution in [3.63, 3.8) is 0 Å². The first-order valence-electron chi connectivity index (χ1n) is 7.39. The number of methoxy groups -OCH3 is 1. The van der Waals surface area contributed by atoms with Crippen molar-refractivity contribution in [1.82, 2.24) is 5.32 Å². The maximum atomic E-state index is 12.0. The predicted octanol–water partition coefficient (Wildman–Crippen LogP) is 2.49. The first-order valence-corrected chi connectivity index (χ1v) is 7.39. The first kappa shape index (κ1) is 15.1. The molecule has 3 aliphatic carbocycles. The highest BCUT2D eigenvalue weighted by Gasteiger charge is 2.48. The summed E-state index contributed by atoms with van der Waals surface area (Å²) in [5.41, 5.74) is -0.529. The molecule has 2 bridgehead atoms. The summed E-state index contributed by atoms with van der Waals surface area (Å²) >= 11 is 0. The van der Waals surface area contributed by atoms with Gasteiger partial charge in [0.25, 0.3) is 0 Å². The van der Waals surface area contributed by atoms with Gasteiger partial charge < -0.3 is 14.8 Å². The lowest BCUT2D eigenvalue weighted by molar-refractivity contribution is -0.153. The molecule has 0 saturated heterocycles. The normalized spacial score (nSPS) is 32.6. The van der Waals surface area contributed by atoms with Crippen LogP contribution < -0.4 is 5.32 Å². The second-order valence-electron chi connectivity index (χ2n) is 6.90. The van der Waals surface area contributed by atoms with Crippen LogP contribution in [-0.4, -0.2) is 30.8 Å². The third-order valence-corrected chi connectivity index (χ3v) is 4.38. The van der Waals surface area contributed by atoms with E-state index in [0.717, 1.165) is 25.7 Å². The Balaban J connectivity index is 2.07. The van der Waals surface area contributed by atoms with Crippen molar-refractivity contribution in [1.29, 1.82) is 0 Å². The number of alkyl carbamates (subject to hydrolysis) is 1. The monoisotopic (exact) mass is 283 g/mol. The number of carbonyl (C=O) groups is 2. The molecule has 3 rings (SSSR count). The summed E-state index contributed by atoms with van der Waals surface area (Å²) in [5, 5.41) is 2.91. The van der Waals surface area contributed by atoms with Crippen molar-refractivity contribution in [3.05, 3.63) is 0 Å². The molecular weight excluding hydrogens is 258 g/mol. The number of carbonyl (C=O) groups excluding carboxylic acids is 2. The number of hydrogen-bond donors (Lipinski definition) is 1. The number of amides is 1. The van der Waals surface area contributed by atoms with E-state index in [-0.39, 0.29) is 17.9 Å². The van der Waals surface area contributed by atoms with Crippen LogP contribution in [0.25, 0.3) is 0 Å². The molecule has 114 valence electrons. The highest BCUT2D eigenvalue weighted by atomic mass is 16.6. The van der Waals surface area contributed by atoms with Crippen molar-refractivity contribution in [3.8, 4) is 0 Å². The number of ether oxygens (including phenoxy) is 2. The minimum absolute atomic E-state index is 0.148. The van der Waals surface area contributed by atoms with Gasteiger partial charge >= 0.3 is 12.1 Å². The Labute approximate surface area is 120 Å². The SMILES string of the molecule is COC(=O)[C@H]1C2CCC(CC2)[C@@H]1NC(=O)OC(C)(C)C. The lowest BCUT2D eigenvalue weighted by atomic mass is 9.61. The number of fused-ring (bicyclic) bond motifs is 3. The third-order valence-electron chi connectivity index (χ3n) is 4.38. The van der Waals surface area contributed by atoms with E-state index in [9.17, 15) is 9.59 Å². The van der Waals surface area contributed by atoms with Gasteiger partial charge in [0, 0.05) is 6.04 Å². The highest BCUT2D eigenvalue weighted by molar-refractivity contribution is 5.76. The predicted molar refractivity (Wildman–Crippen MR) is 74.1 cm³/mol. The minimum Gasteiger partial charge on any atom is -0.469 e. The van der Waals surface area contributed by atoms with E-state index in [1.54, 1.807) is 0 Å². The maximum Gasteiger partial charge on any atom is 0.407 e. The molecule has 0 unspecified atom stereocenters. The molecule has 0 radical (unpaired) electrons. The Morgan fingerprint density at radius 1 is 1.05 bits per heavy atom. The summed E-state index contributed by atoms with van der Waals surface area (Å²) in [6.07, 6.45) is 3.80. The van der Waals surface area contributed by atoms with Crippen LogP contribution in [0.1, 0.15) is 46.5 Å². The highest BCUT2D eigenvalue weighted by Crippen LogP contribution is 2.45. The van der Waals surface area contributed by atoms with E-state index < -0.39 is 11.7 Å². The van der Waals surface area contributed by atoms with Gasteiger partial charge in [-0.15, -0.1) is 0 Å². The van der Waals surface area contributed by atoms with E-state index in [1.807, 2.05) is 20.8 Å². The second-order valence-corrected chi connectivity index (χ2v) is 6.90. The van der Waals surface area contributed by atoms with Gasteiger partial charge in [0.1, 0.15) is 5.60 Å². The van der Waals surface area contributed by atoms with Gasteiger partial charge in [-0.1, -0.05) is 0 Å². The van der Waals surface area contributed by atoms with Gasteiger partial charge in [0.15, 0.2) is 0 Å².